The van der Waals surface area contributed by atoms with Crippen LogP contribution in [0.4, 0.5) is 13.2 Å². The minimum absolute atomic E-state index is 0.0430. The zero-order valence-corrected chi connectivity index (χ0v) is 9.51. The van der Waals surface area contributed by atoms with Crippen molar-refractivity contribution >= 4 is 6.29 Å². The van der Waals surface area contributed by atoms with Crippen molar-refractivity contribution in [3.63, 3.8) is 0 Å². The Hall–Kier alpha value is -2.10. The predicted octanol–water partition coefficient (Wildman–Crippen LogP) is 3.89. The maximum absolute atomic E-state index is 13.8. The number of benzene rings is 2. The first-order valence-electron chi connectivity index (χ1n) is 5.24. The lowest BCUT2D eigenvalue weighted by Gasteiger charge is -2.08. The molecule has 0 amide bonds. The predicted molar refractivity (Wildman–Crippen MR) is 61.9 cm³/mol. The zero-order valence-electron chi connectivity index (χ0n) is 9.51. The molecule has 0 N–H and O–H groups in total. The third-order valence-electron chi connectivity index (χ3n) is 2.71. The average Bonchev–Trinajstić information content (AvgIpc) is 2.36. The van der Waals surface area contributed by atoms with Crippen LogP contribution in [0.5, 0.6) is 0 Å². The molecule has 1 nitrogen and oxygen atoms in total. The van der Waals surface area contributed by atoms with Crippen LogP contribution in [0.2, 0.25) is 0 Å². The van der Waals surface area contributed by atoms with Crippen molar-refractivity contribution < 1.29 is 18.0 Å². The van der Waals surface area contributed by atoms with E-state index in [-0.39, 0.29) is 22.3 Å². The maximum atomic E-state index is 13.8. The van der Waals surface area contributed by atoms with E-state index < -0.39 is 17.5 Å². The summed E-state index contributed by atoms with van der Waals surface area (Å²) in [6.45, 7) is 1.43. The highest BCUT2D eigenvalue weighted by atomic mass is 19.2. The third kappa shape index (κ3) is 2.01. The van der Waals surface area contributed by atoms with Gasteiger partial charge in [-0.3, -0.25) is 4.79 Å². The topological polar surface area (TPSA) is 17.1 Å². The second-order valence-electron chi connectivity index (χ2n) is 3.91. The van der Waals surface area contributed by atoms with Crippen LogP contribution >= 0.6 is 0 Å². The van der Waals surface area contributed by atoms with E-state index in [9.17, 15) is 18.0 Å². The van der Waals surface area contributed by atoms with E-state index in [1.54, 1.807) is 0 Å². The Morgan fingerprint density at radius 2 is 1.67 bits per heavy atom. The standard InChI is InChI=1S/C14H9F3O/c1-8-2-5-11(14(17)13(8)16)12-6-10(15)4-3-9(12)7-18/h2-7H,1H3. The number of aldehydes is 1. The number of hydrogen-bond donors (Lipinski definition) is 0. The molecule has 2 rings (SSSR count). The van der Waals surface area contributed by atoms with Gasteiger partial charge in [0.05, 0.1) is 0 Å². The maximum Gasteiger partial charge on any atom is 0.166 e. The summed E-state index contributed by atoms with van der Waals surface area (Å²) in [5, 5.41) is 0. The molecule has 0 aliphatic rings. The van der Waals surface area contributed by atoms with Crippen LogP contribution < -0.4 is 0 Å². The molecule has 0 unspecified atom stereocenters. The highest BCUT2D eigenvalue weighted by molar-refractivity contribution is 5.87. The Morgan fingerprint density at radius 1 is 0.944 bits per heavy atom. The molecule has 0 bridgehead atoms. The molecular weight excluding hydrogens is 241 g/mol. The fourth-order valence-corrected chi connectivity index (χ4v) is 1.72. The molecule has 0 atom stereocenters. The Bertz CT molecular complexity index is 621. The molecule has 0 radical (unpaired) electrons. The second kappa shape index (κ2) is 4.64. The van der Waals surface area contributed by atoms with Gasteiger partial charge in [0.2, 0.25) is 0 Å². The monoisotopic (exact) mass is 250 g/mol. The molecule has 0 aromatic heterocycles. The normalized spacial score (nSPS) is 10.4. The molecule has 0 aliphatic heterocycles. The van der Waals surface area contributed by atoms with E-state index in [4.69, 9.17) is 0 Å². The summed E-state index contributed by atoms with van der Waals surface area (Å²) in [6, 6.07) is 6.05. The quantitative estimate of drug-likeness (QED) is 0.739. The Morgan fingerprint density at radius 3 is 2.33 bits per heavy atom. The van der Waals surface area contributed by atoms with Crippen LogP contribution in [-0.4, -0.2) is 6.29 Å². The average molecular weight is 250 g/mol. The summed E-state index contributed by atoms with van der Waals surface area (Å²) in [4.78, 5) is 10.8. The van der Waals surface area contributed by atoms with Crippen LogP contribution in [0, 0.1) is 24.4 Å². The number of halogens is 3. The van der Waals surface area contributed by atoms with E-state index in [2.05, 4.69) is 0 Å². The van der Waals surface area contributed by atoms with Crippen molar-refractivity contribution in [2.45, 2.75) is 6.92 Å². The number of aryl methyl sites for hydroxylation is 1. The third-order valence-corrected chi connectivity index (χ3v) is 2.71. The van der Waals surface area contributed by atoms with Gasteiger partial charge in [0, 0.05) is 11.1 Å². The van der Waals surface area contributed by atoms with Gasteiger partial charge in [-0.1, -0.05) is 12.1 Å². The molecule has 2 aromatic carbocycles. The van der Waals surface area contributed by atoms with Gasteiger partial charge >= 0.3 is 0 Å². The van der Waals surface area contributed by atoms with Gasteiger partial charge in [0.25, 0.3) is 0 Å². The molecule has 0 heterocycles. The van der Waals surface area contributed by atoms with Gasteiger partial charge in [-0.05, 0) is 36.2 Å². The SMILES string of the molecule is Cc1ccc(-c2cc(F)ccc2C=O)c(F)c1F. The van der Waals surface area contributed by atoms with Crippen molar-refractivity contribution in [1.82, 2.24) is 0 Å². The van der Waals surface area contributed by atoms with Gasteiger partial charge in [0.1, 0.15) is 5.82 Å². The number of carbonyl (C=O) groups is 1. The summed E-state index contributed by atoms with van der Waals surface area (Å²) in [7, 11) is 0. The van der Waals surface area contributed by atoms with Crippen LogP contribution in [0.15, 0.2) is 30.3 Å². The Labute approximate surface area is 102 Å². The highest BCUT2D eigenvalue weighted by Gasteiger charge is 2.15. The van der Waals surface area contributed by atoms with Crippen molar-refractivity contribution in [1.29, 1.82) is 0 Å². The van der Waals surface area contributed by atoms with Crippen LogP contribution in [0.1, 0.15) is 15.9 Å². The summed E-state index contributed by atoms with van der Waals surface area (Å²) in [5.41, 5.74) is 0.181. The summed E-state index contributed by atoms with van der Waals surface area (Å²) < 4.78 is 40.4. The lowest BCUT2D eigenvalue weighted by molar-refractivity contribution is 0.112. The molecule has 0 fully saturated rings. The molecule has 0 spiro atoms. The van der Waals surface area contributed by atoms with E-state index in [1.165, 1.54) is 25.1 Å². The van der Waals surface area contributed by atoms with E-state index >= 15 is 0 Å². The molecule has 18 heavy (non-hydrogen) atoms. The minimum atomic E-state index is -1.08. The lowest BCUT2D eigenvalue weighted by Crippen LogP contribution is -1.96. The molecule has 2 aromatic rings. The van der Waals surface area contributed by atoms with Gasteiger partial charge in [-0.2, -0.15) is 0 Å². The van der Waals surface area contributed by atoms with Gasteiger partial charge in [-0.15, -0.1) is 0 Å². The van der Waals surface area contributed by atoms with Crippen LogP contribution in [0.25, 0.3) is 11.1 Å². The van der Waals surface area contributed by atoms with E-state index in [0.29, 0.717) is 6.29 Å². The zero-order chi connectivity index (χ0) is 13.3. The first-order valence-corrected chi connectivity index (χ1v) is 5.24. The van der Waals surface area contributed by atoms with Crippen molar-refractivity contribution in [2.75, 3.05) is 0 Å². The second-order valence-corrected chi connectivity index (χ2v) is 3.91. The molecule has 4 heteroatoms. The highest BCUT2D eigenvalue weighted by Crippen LogP contribution is 2.29. The fraction of sp³-hybridized carbons (Fsp3) is 0.0714. The first kappa shape index (κ1) is 12.4. The molecule has 0 aliphatic carbocycles. The molecule has 0 saturated carbocycles. The largest absolute Gasteiger partial charge is 0.298 e. The first-order chi connectivity index (χ1) is 8.54. The van der Waals surface area contributed by atoms with Crippen LogP contribution in [0.3, 0.4) is 0 Å². The van der Waals surface area contributed by atoms with Crippen molar-refractivity contribution in [3.8, 4) is 11.1 Å². The summed E-state index contributed by atoms with van der Waals surface area (Å²) >= 11 is 0. The van der Waals surface area contributed by atoms with Gasteiger partial charge < -0.3 is 0 Å². The number of hydrogen-bond acceptors (Lipinski definition) is 1. The Kier molecular flexibility index (Phi) is 3.19. The summed E-state index contributed by atoms with van der Waals surface area (Å²) in [5.74, 6) is -2.69. The van der Waals surface area contributed by atoms with Gasteiger partial charge in [-0.25, -0.2) is 13.2 Å². The van der Waals surface area contributed by atoms with E-state index in [0.717, 1.165) is 12.1 Å². The summed E-state index contributed by atoms with van der Waals surface area (Å²) in [6.07, 6.45) is 0.478. The smallest absolute Gasteiger partial charge is 0.166 e. The fourth-order valence-electron chi connectivity index (χ4n) is 1.72. The number of carbonyl (C=O) groups excluding carboxylic acids is 1. The molecule has 0 saturated heterocycles. The van der Waals surface area contributed by atoms with Crippen molar-refractivity contribution in [3.05, 3.63) is 58.9 Å². The number of rotatable bonds is 2. The molecule has 92 valence electrons. The minimum Gasteiger partial charge on any atom is -0.298 e. The molecular formula is C14H9F3O. The van der Waals surface area contributed by atoms with Gasteiger partial charge in [0.15, 0.2) is 17.9 Å². The Balaban J connectivity index is 2.72. The lowest BCUT2D eigenvalue weighted by atomic mass is 9.98. The van der Waals surface area contributed by atoms with E-state index in [1.807, 2.05) is 0 Å². The van der Waals surface area contributed by atoms with Crippen LogP contribution in [-0.2, 0) is 0 Å². The van der Waals surface area contributed by atoms with Crippen molar-refractivity contribution in [2.24, 2.45) is 0 Å².